The van der Waals surface area contributed by atoms with E-state index in [0.29, 0.717) is 0 Å². The highest BCUT2D eigenvalue weighted by molar-refractivity contribution is 5.47. The Kier molecular flexibility index (Phi) is 6.64. The van der Waals surface area contributed by atoms with Gasteiger partial charge in [-0.2, -0.15) is 0 Å². The lowest BCUT2D eigenvalue weighted by molar-refractivity contribution is 0.437. The number of unbranched alkanes of at least 4 members (excludes halogenated alkanes) is 1. The fourth-order valence-electron chi connectivity index (χ4n) is 2.20. The molecule has 1 aromatic rings. The lowest BCUT2D eigenvalue weighted by Crippen LogP contribution is -2.11. The smallest absolute Gasteiger partial charge is 0.00745 e. The summed E-state index contributed by atoms with van der Waals surface area (Å²) >= 11 is 0. The highest BCUT2D eigenvalue weighted by Gasteiger charge is 2.08. The summed E-state index contributed by atoms with van der Waals surface area (Å²) in [5.74, 6) is 0.745. The molecule has 0 aromatic heterocycles. The highest BCUT2D eigenvalue weighted by Crippen LogP contribution is 2.18. The Labute approximate surface area is 106 Å². The van der Waals surface area contributed by atoms with E-state index in [1.807, 2.05) is 6.08 Å². The second kappa shape index (κ2) is 8.08. The largest absolute Gasteiger partial charge is 0.330 e. The topological polar surface area (TPSA) is 26.0 Å². The Morgan fingerprint density at radius 1 is 1.24 bits per heavy atom. The maximum atomic E-state index is 5.69. The van der Waals surface area contributed by atoms with Gasteiger partial charge in [-0.05, 0) is 36.4 Å². The van der Waals surface area contributed by atoms with Crippen molar-refractivity contribution >= 4 is 6.08 Å². The number of rotatable bonds is 8. The van der Waals surface area contributed by atoms with Gasteiger partial charge in [-0.3, -0.25) is 0 Å². The van der Waals surface area contributed by atoms with Crippen LogP contribution in [0.5, 0.6) is 0 Å². The van der Waals surface area contributed by atoms with Crippen LogP contribution < -0.4 is 5.73 Å². The van der Waals surface area contributed by atoms with E-state index in [1.54, 1.807) is 0 Å². The lowest BCUT2D eigenvalue weighted by atomic mass is 9.91. The molecule has 0 heterocycles. The number of hydrogen-bond donors (Lipinski definition) is 1. The maximum absolute atomic E-state index is 5.69. The Morgan fingerprint density at radius 3 is 2.47 bits per heavy atom. The SMILES string of the molecule is C=Cc1ccc(CC(CCN)CCCC)cc1. The second-order valence-corrected chi connectivity index (χ2v) is 4.74. The average molecular weight is 231 g/mol. The minimum Gasteiger partial charge on any atom is -0.330 e. The van der Waals surface area contributed by atoms with Crippen LogP contribution in [0, 0.1) is 5.92 Å². The van der Waals surface area contributed by atoms with Gasteiger partial charge in [0.2, 0.25) is 0 Å². The van der Waals surface area contributed by atoms with Gasteiger partial charge in [-0.1, -0.05) is 63.1 Å². The van der Waals surface area contributed by atoms with Gasteiger partial charge >= 0.3 is 0 Å². The van der Waals surface area contributed by atoms with Gasteiger partial charge in [-0.15, -0.1) is 0 Å². The summed E-state index contributed by atoms with van der Waals surface area (Å²) in [4.78, 5) is 0. The third kappa shape index (κ3) is 5.18. The highest BCUT2D eigenvalue weighted by atomic mass is 14.5. The van der Waals surface area contributed by atoms with E-state index < -0.39 is 0 Å². The first-order valence-corrected chi connectivity index (χ1v) is 6.71. The summed E-state index contributed by atoms with van der Waals surface area (Å²) in [6, 6.07) is 8.71. The second-order valence-electron chi connectivity index (χ2n) is 4.74. The fourth-order valence-corrected chi connectivity index (χ4v) is 2.20. The molecule has 1 unspecified atom stereocenters. The van der Waals surface area contributed by atoms with Crippen molar-refractivity contribution < 1.29 is 0 Å². The Morgan fingerprint density at radius 2 is 1.94 bits per heavy atom. The molecule has 0 aliphatic carbocycles. The van der Waals surface area contributed by atoms with Crippen molar-refractivity contribution in [1.29, 1.82) is 0 Å². The van der Waals surface area contributed by atoms with Gasteiger partial charge in [-0.25, -0.2) is 0 Å². The van der Waals surface area contributed by atoms with E-state index in [0.717, 1.165) is 25.3 Å². The van der Waals surface area contributed by atoms with Gasteiger partial charge < -0.3 is 5.73 Å². The molecule has 17 heavy (non-hydrogen) atoms. The van der Waals surface area contributed by atoms with Gasteiger partial charge in [0.25, 0.3) is 0 Å². The molecular formula is C16H25N. The maximum Gasteiger partial charge on any atom is -0.00745 e. The monoisotopic (exact) mass is 231 g/mol. The van der Waals surface area contributed by atoms with E-state index in [1.165, 1.54) is 30.4 Å². The summed E-state index contributed by atoms with van der Waals surface area (Å²) in [5.41, 5.74) is 8.30. The molecule has 94 valence electrons. The molecule has 0 radical (unpaired) electrons. The van der Waals surface area contributed by atoms with Crippen LogP contribution in [0.3, 0.4) is 0 Å². The minimum absolute atomic E-state index is 0.745. The van der Waals surface area contributed by atoms with Crippen molar-refractivity contribution in [3.05, 3.63) is 42.0 Å². The third-order valence-corrected chi connectivity index (χ3v) is 3.28. The van der Waals surface area contributed by atoms with Crippen molar-refractivity contribution in [3.8, 4) is 0 Å². The molecule has 1 aromatic carbocycles. The van der Waals surface area contributed by atoms with E-state index in [9.17, 15) is 0 Å². The van der Waals surface area contributed by atoms with Crippen LogP contribution in [-0.4, -0.2) is 6.54 Å². The predicted molar refractivity (Wildman–Crippen MR) is 76.9 cm³/mol. The Balaban J connectivity index is 2.54. The molecule has 1 heteroatoms. The average Bonchev–Trinajstić information content (AvgIpc) is 2.37. The molecule has 0 saturated heterocycles. The van der Waals surface area contributed by atoms with Crippen molar-refractivity contribution in [2.75, 3.05) is 6.54 Å². The van der Waals surface area contributed by atoms with Crippen LogP contribution >= 0.6 is 0 Å². The van der Waals surface area contributed by atoms with Crippen LogP contribution in [0.2, 0.25) is 0 Å². The third-order valence-electron chi connectivity index (χ3n) is 3.28. The molecule has 0 saturated carbocycles. The van der Waals surface area contributed by atoms with Gasteiger partial charge in [0.1, 0.15) is 0 Å². The minimum atomic E-state index is 0.745. The van der Waals surface area contributed by atoms with Crippen molar-refractivity contribution in [2.45, 2.75) is 39.0 Å². The number of nitrogens with two attached hydrogens (primary N) is 1. The summed E-state index contributed by atoms with van der Waals surface area (Å²) in [7, 11) is 0. The van der Waals surface area contributed by atoms with E-state index in [-0.39, 0.29) is 0 Å². The standard InChI is InChI=1S/C16H25N/c1-3-5-6-15(11-12-17)13-16-9-7-14(4-2)8-10-16/h4,7-10,15H,2-3,5-6,11-13,17H2,1H3. The molecular weight excluding hydrogens is 206 g/mol. The molecule has 0 bridgehead atoms. The van der Waals surface area contributed by atoms with Crippen LogP contribution in [0.15, 0.2) is 30.8 Å². The van der Waals surface area contributed by atoms with E-state index in [2.05, 4.69) is 37.8 Å². The quantitative estimate of drug-likeness (QED) is 0.718. The van der Waals surface area contributed by atoms with Crippen LogP contribution in [0.25, 0.3) is 6.08 Å². The zero-order chi connectivity index (χ0) is 12.5. The van der Waals surface area contributed by atoms with Gasteiger partial charge in [0.05, 0.1) is 0 Å². The zero-order valence-electron chi connectivity index (χ0n) is 11.0. The Bertz CT molecular complexity index is 313. The lowest BCUT2D eigenvalue weighted by Gasteiger charge is -2.15. The van der Waals surface area contributed by atoms with Crippen molar-refractivity contribution in [3.63, 3.8) is 0 Å². The van der Waals surface area contributed by atoms with Crippen LogP contribution in [-0.2, 0) is 6.42 Å². The molecule has 0 aliphatic rings. The first-order valence-electron chi connectivity index (χ1n) is 6.71. The predicted octanol–water partition coefficient (Wildman–Crippen LogP) is 4.03. The van der Waals surface area contributed by atoms with Crippen LogP contribution in [0.1, 0.15) is 43.7 Å². The molecule has 1 rings (SSSR count). The van der Waals surface area contributed by atoms with Crippen LogP contribution in [0.4, 0.5) is 0 Å². The molecule has 2 N–H and O–H groups in total. The number of hydrogen-bond acceptors (Lipinski definition) is 1. The number of benzene rings is 1. The fraction of sp³-hybridized carbons (Fsp3) is 0.500. The van der Waals surface area contributed by atoms with E-state index in [4.69, 9.17) is 5.73 Å². The molecule has 0 amide bonds. The molecule has 0 fully saturated rings. The Hall–Kier alpha value is -1.08. The molecule has 0 aliphatic heterocycles. The summed E-state index contributed by atoms with van der Waals surface area (Å²) in [6.45, 7) is 6.83. The van der Waals surface area contributed by atoms with E-state index >= 15 is 0 Å². The van der Waals surface area contributed by atoms with Gasteiger partial charge in [0, 0.05) is 0 Å². The summed E-state index contributed by atoms with van der Waals surface area (Å²) in [5, 5.41) is 0. The summed E-state index contributed by atoms with van der Waals surface area (Å²) < 4.78 is 0. The normalized spacial score (nSPS) is 12.4. The zero-order valence-corrected chi connectivity index (χ0v) is 11.0. The first kappa shape index (κ1) is 14.0. The molecule has 1 atom stereocenters. The van der Waals surface area contributed by atoms with Crippen molar-refractivity contribution in [1.82, 2.24) is 0 Å². The van der Waals surface area contributed by atoms with Crippen molar-refractivity contribution in [2.24, 2.45) is 11.7 Å². The molecule has 1 nitrogen and oxygen atoms in total. The van der Waals surface area contributed by atoms with Gasteiger partial charge in [0.15, 0.2) is 0 Å². The summed E-state index contributed by atoms with van der Waals surface area (Å²) in [6.07, 6.45) is 8.08. The first-order chi connectivity index (χ1) is 8.30. The molecule has 0 spiro atoms.